The smallest absolute Gasteiger partial charge is 0.227 e. The Morgan fingerprint density at radius 3 is 1.04 bits per heavy atom. The number of rotatable bonds is 6. The van der Waals surface area contributed by atoms with Gasteiger partial charge in [0, 0.05) is 22.5 Å². The first-order valence-electron chi connectivity index (χ1n) is 18.7. The maximum atomic E-state index is 6.81. The van der Waals surface area contributed by atoms with Crippen molar-refractivity contribution in [2.45, 2.75) is 0 Å². The second kappa shape index (κ2) is 13.0. The summed E-state index contributed by atoms with van der Waals surface area (Å²) in [5.41, 5.74) is 14.7. The Hall–Kier alpha value is -7.70. The van der Waals surface area contributed by atoms with Crippen molar-refractivity contribution in [3.63, 3.8) is 0 Å². The van der Waals surface area contributed by atoms with Crippen LogP contribution in [0.5, 0.6) is 0 Å². The Labute approximate surface area is 323 Å². The van der Waals surface area contributed by atoms with E-state index in [1.807, 2.05) is 78.9 Å². The summed E-state index contributed by atoms with van der Waals surface area (Å²) < 4.78 is 13.6. The molecule has 0 aliphatic carbocycles. The van der Waals surface area contributed by atoms with Crippen LogP contribution < -0.4 is 9.80 Å². The van der Waals surface area contributed by atoms with E-state index in [2.05, 4.69) is 125 Å². The molecule has 264 valence electrons. The third-order valence-electron chi connectivity index (χ3n) is 10.4. The largest absolute Gasteiger partial charge is 0.435 e. The van der Waals surface area contributed by atoms with Gasteiger partial charge >= 0.3 is 0 Å². The molecule has 0 unspecified atom stereocenters. The molecule has 10 aromatic rings. The Morgan fingerprint density at radius 2 is 0.625 bits per heavy atom. The van der Waals surface area contributed by atoms with Gasteiger partial charge in [-0.2, -0.15) is 0 Å². The summed E-state index contributed by atoms with van der Waals surface area (Å²) in [6.45, 7) is 0. The first-order chi connectivity index (χ1) is 27.8. The third-order valence-corrected chi connectivity index (χ3v) is 10.4. The van der Waals surface area contributed by atoms with Crippen molar-refractivity contribution in [2.75, 3.05) is 9.80 Å². The van der Waals surface area contributed by atoms with Crippen LogP contribution in [0, 0.1) is 0 Å². The SMILES string of the molecule is c1ccc(-c2nc3c(-c4ccc(N5c6ccccc6N(c6ccccc6)c6ccccc65)cc4)c4oc(-c5ccccc5)nc4c(-c4ccccc4)c3o2)cc1. The number of hydrogen-bond donors (Lipinski definition) is 0. The Balaban J connectivity index is 1.13. The summed E-state index contributed by atoms with van der Waals surface area (Å²) in [5.74, 6) is 1.08. The van der Waals surface area contributed by atoms with E-state index in [0.717, 1.165) is 73.0 Å². The summed E-state index contributed by atoms with van der Waals surface area (Å²) in [6.07, 6.45) is 0. The molecular weight excluding hydrogens is 689 g/mol. The summed E-state index contributed by atoms with van der Waals surface area (Å²) in [4.78, 5) is 15.1. The second-order valence-electron chi connectivity index (χ2n) is 13.8. The summed E-state index contributed by atoms with van der Waals surface area (Å²) in [7, 11) is 0. The summed E-state index contributed by atoms with van der Waals surface area (Å²) >= 11 is 0. The molecule has 3 heterocycles. The number of benzene rings is 8. The molecule has 0 spiro atoms. The van der Waals surface area contributed by atoms with Crippen molar-refractivity contribution in [2.24, 2.45) is 0 Å². The van der Waals surface area contributed by atoms with Gasteiger partial charge in [0.05, 0.1) is 33.9 Å². The van der Waals surface area contributed by atoms with Crippen molar-refractivity contribution >= 4 is 56.3 Å². The molecule has 8 aromatic carbocycles. The van der Waals surface area contributed by atoms with Crippen LogP contribution >= 0.6 is 0 Å². The van der Waals surface area contributed by atoms with Crippen LogP contribution in [-0.4, -0.2) is 9.97 Å². The van der Waals surface area contributed by atoms with Gasteiger partial charge in [0.2, 0.25) is 11.8 Å². The number of nitrogens with zero attached hydrogens (tertiary/aromatic N) is 4. The zero-order valence-corrected chi connectivity index (χ0v) is 30.1. The fourth-order valence-corrected chi connectivity index (χ4v) is 7.94. The molecule has 6 heteroatoms. The molecule has 0 radical (unpaired) electrons. The van der Waals surface area contributed by atoms with Crippen LogP contribution in [-0.2, 0) is 0 Å². The highest BCUT2D eigenvalue weighted by Gasteiger charge is 2.31. The lowest BCUT2D eigenvalue weighted by Gasteiger charge is -2.40. The van der Waals surface area contributed by atoms with Crippen LogP contribution in [0.25, 0.3) is 67.4 Å². The Bertz CT molecular complexity index is 2870. The lowest BCUT2D eigenvalue weighted by molar-refractivity contribution is 0.619. The highest BCUT2D eigenvalue weighted by Crippen LogP contribution is 2.54. The van der Waals surface area contributed by atoms with Crippen molar-refractivity contribution in [1.29, 1.82) is 0 Å². The first-order valence-corrected chi connectivity index (χ1v) is 18.7. The Morgan fingerprint density at radius 1 is 0.304 bits per heavy atom. The van der Waals surface area contributed by atoms with E-state index in [4.69, 9.17) is 18.8 Å². The standard InChI is InChI=1S/C50H32N4O2/c1-5-17-33(18-6-1)43-45-48(56-49(51-45)35-19-7-2-8-20-35)44(46-47(43)55-50(52-46)36-21-9-3-10-22-36)34-29-31-38(32-30-34)54-41-27-15-13-25-39(41)53(37-23-11-4-12-24-37)40-26-14-16-28-42(40)54/h1-32H. The van der Waals surface area contributed by atoms with Crippen molar-refractivity contribution in [3.05, 3.63) is 194 Å². The molecule has 0 N–H and O–H groups in total. The van der Waals surface area contributed by atoms with Crippen molar-refractivity contribution in [1.82, 2.24) is 9.97 Å². The predicted octanol–water partition coefficient (Wildman–Crippen LogP) is 13.9. The van der Waals surface area contributed by atoms with Crippen molar-refractivity contribution < 1.29 is 8.83 Å². The monoisotopic (exact) mass is 720 g/mol. The molecule has 0 fully saturated rings. The molecule has 0 bridgehead atoms. The van der Waals surface area contributed by atoms with Gasteiger partial charge in [0.15, 0.2) is 11.2 Å². The van der Waals surface area contributed by atoms with Gasteiger partial charge in [0.25, 0.3) is 0 Å². The zero-order valence-electron chi connectivity index (χ0n) is 30.1. The van der Waals surface area contributed by atoms with Crippen LogP contribution in [0.15, 0.2) is 203 Å². The number of oxazole rings is 2. The van der Waals surface area contributed by atoms with Crippen molar-refractivity contribution in [3.8, 4) is 45.2 Å². The molecule has 0 amide bonds. The maximum Gasteiger partial charge on any atom is 0.227 e. The van der Waals surface area contributed by atoms with Crippen LogP contribution in [0.1, 0.15) is 0 Å². The minimum absolute atomic E-state index is 0.538. The van der Waals surface area contributed by atoms with Gasteiger partial charge in [-0.15, -0.1) is 0 Å². The Kier molecular flexibility index (Phi) is 7.38. The van der Waals surface area contributed by atoms with Gasteiger partial charge in [-0.3, -0.25) is 0 Å². The lowest BCUT2D eigenvalue weighted by Crippen LogP contribution is -2.23. The molecule has 0 saturated carbocycles. The fourth-order valence-electron chi connectivity index (χ4n) is 7.94. The molecule has 1 aliphatic rings. The van der Waals surface area contributed by atoms with E-state index < -0.39 is 0 Å². The van der Waals surface area contributed by atoms with E-state index >= 15 is 0 Å². The molecule has 0 saturated heterocycles. The average Bonchev–Trinajstić information content (AvgIpc) is 3.92. The normalized spacial score (nSPS) is 12.2. The number of aromatic nitrogens is 2. The van der Waals surface area contributed by atoms with E-state index in [1.54, 1.807) is 0 Å². The molecular formula is C50H32N4O2. The highest BCUT2D eigenvalue weighted by atomic mass is 16.4. The predicted molar refractivity (Wildman–Crippen MR) is 226 cm³/mol. The van der Waals surface area contributed by atoms with Gasteiger partial charge in [-0.05, 0) is 83.9 Å². The molecule has 56 heavy (non-hydrogen) atoms. The lowest BCUT2D eigenvalue weighted by atomic mass is 9.96. The maximum absolute atomic E-state index is 6.81. The van der Waals surface area contributed by atoms with E-state index in [-0.39, 0.29) is 0 Å². The van der Waals surface area contributed by atoms with Crippen LogP contribution in [0.4, 0.5) is 34.1 Å². The van der Waals surface area contributed by atoms with Gasteiger partial charge < -0.3 is 18.6 Å². The topological polar surface area (TPSA) is 58.5 Å². The number of hydrogen-bond acceptors (Lipinski definition) is 6. The third kappa shape index (κ3) is 5.11. The average molecular weight is 721 g/mol. The molecule has 11 rings (SSSR count). The van der Waals surface area contributed by atoms with Gasteiger partial charge in [-0.25, -0.2) is 9.97 Å². The number of anilines is 6. The molecule has 2 aromatic heterocycles. The minimum Gasteiger partial charge on any atom is -0.435 e. The van der Waals surface area contributed by atoms with Gasteiger partial charge in [-0.1, -0.05) is 121 Å². The fraction of sp³-hybridized carbons (Fsp3) is 0. The van der Waals surface area contributed by atoms with E-state index in [1.165, 1.54) is 0 Å². The molecule has 0 atom stereocenters. The van der Waals surface area contributed by atoms with E-state index in [0.29, 0.717) is 28.5 Å². The number of fused-ring (bicyclic) bond motifs is 4. The second-order valence-corrected chi connectivity index (χ2v) is 13.8. The highest BCUT2D eigenvalue weighted by molar-refractivity contribution is 6.16. The molecule has 1 aliphatic heterocycles. The first kappa shape index (κ1) is 31.8. The van der Waals surface area contributed by atoms with Crippen LogP contribution in [0.2, 0.25) is 0 Å². The quantitative estimate of drug-likeness (QED) is 0.170. The number of para-hydroxylation sites is 5. The minimum atomic E-state index is 0.538. The van der Waals surface area contributed by atoms with Gasteiger partial charge in [0.1, 0.15) is 11.0 Å². The summed E-state index contributed by atoms with van der Waals surface area (Å²) in [5, 5.41) is 0. The summed E-state index contributed by atoms with van der Waals surface area (Å²) in [6, 6.07) is 66.6. The zero-order chi connectivity index (χ0) is 37.0. The van der Waals surface area contributed by atoms with Crippen LogP contribution in [0.3, 0.4) is 0 Å². The van der Waals surface area contributed by atoms with E-state index in [9.17, 15) is 0 Å². The molecule has 6 nitrogen and oxygen atoms in total.